The third-order valence-corrected chi connectivity index (χ3v) is 5.03. The molecule has 0 fully saturated rings. The summed E-state index contributed by atoms with van der Waals surface area (Å²) in [6, 6.07) is 11.2. The van der Waals surface area contributed by atoms with Crippen LogP contribution in [-0.4, -0.2) is 14.3 Å². The summed E-state index contributed by atoms with van der Waals surface area (Å²) in [5.41, 5.74) is 6.71. The van der Waals surface area contributed by atoms with Gasteiger partial charge >= 0.3 is 0 Å². The Morgan fingerprint density at radius 1 is 1.18 bits per heavy atom. The van der Waals surface area contributed by atoms with E-state index in [0.29, 0.717) is 16.3 Å². The molecule has 116 valence electrons. The van der Waals surface area contributed by atoms with E-state index in [9.17, 15) is 13.2 Å². The molecule has 0 bridgehead atoms. The van der Waals surface area contributed by atoms with Gasteiger partial charge in [-0.2, -0.15) is 0 Å². The first kappa shape index (κ1) is 16.3. The quantitative estimate of drug-likeness (QED) is 0.877. The highest BCUT2D eigenvalue weighted by Crippen LogP contribution is 2.24. The number of halogens is 1. The van der Waals surface area contributed by atoms with Crippen LogP contribution in [0.25, 0.3) is 0 Å². The fraction of sp³-hybridized carbons (Fsp3) is 0.133. The van der Waals surface area contributed by atoms with Crippen molar-refractivity contribution in [2.75, 3.05) is 4.72 Å². The van der Waals surface area contributed by atoms with Gasteiger partial charge in [-0.05, 0) is 42.3 Å². The van der Waals surface area contributed by atoms with Crippen molar-refractivity contribution in [2.45, 2.75) is 18.2 Å². The Balaban J connectivity index is 2.25. The van der Waals surface area contributed by atoms with Gasteiger partial charge in [-0.3, -0.25) is 9.52 Å². The topological polar surface area (TPSA) is 89.3 Å². The third-order valence-electron chi connectivity index (χ3n) is 3.09. The van der Waals surface area contributed by atoms with Crippen LogP contribution in [0.4, 0.5) is 5.69 Å². The first-order valence-corrected chi connectivity index (χ1v) is 8.31. The maximum atomic E-state index is 12.4. The van der Waals surface area contributed by atoms with Crippen molar-refractivity contribution in [1.29, 1.82) is 0 Å². The van der Waals surface area contributed by atoms with Crippen LogP contribution >= 0.6 is 11.6 Å². The molecule has 0 aliphatic heterocycles. The number of benzene rings is 2. The predicted octanol–water partition coefficient (Wildman–Crippen LogP) is 2.48. The molecule has 0 aliphatic carbocycles. The Kier molecular flexibility index (Phi) is 4.73. The molecule has 0 unspecified atom stereocenters. The molecule has 2 aromatic rings. The summed E-state index contributed by atoms with van der Waals surface area (Å²) in [5, 5.41) is 0.389. The number of hydrogen-bond acceptors (Lipinski definition) is 3. The van der Waals surface area contributed by atoms with Crippen molar-refractivity contribution in [2.24, 2.45) is 5.73 Å². The number of amides is 1. The number of anilines is 1. The van der Waals surface area contributed by atoms with E-state index < -0.39 is 15.9 Å². The van der Waals surface area contributed by atoms with Gasteiger partial charge in [0.1, 0.15) is 0 Å². The zero-order valence-electron chi connectivity index (χ0n) is 11.8. The Morgan fingerprint density at radius 2 is 1.82 bits per heavy atom. The molecule has 2 aromatic carbocycles. The van der Waals surface area contributed by atoms with E-state index in [2.05, 4.69) is 4.72 Å². The van der Waals surface area contributed by atoms with Crippen molar-refractivity contribution < 1.29 is 13.2 Å². The molecule has 0 radical (unpaired) electrons. The zero-order chi connectivity index (χ0) is 16.3. The Bertz CT molecular complexity index is 802. The van der Waals surface area contributed by atoms with Gasteiger partial charge in [0.15, 0.2) is 0 Å². The first-order chi connectivity index (χ1) is 10.3. The standard InChI is InChI=1S/C15H15ClN2O3S/c1-10-13(16)3-2-4-14(10)22(20,21)18-12-7-5-11(6-8-12)9-15(17)19/h2-8,18H,9H2,1H3,(H2,17,19). The second kappa shape index (κ2) is 6.37. The highest BCUT2D eigenvalue weighted by Gasteiger charge is 2.18. The number of primary amides is 1. The van der Waals surface area contributed by atoms with E-state index in [-0.39, 0.29) is 11.3 Å². The molecular weight excluding hydrogens is 324 g/mol. The Morgan fingerprint density at radius 3 is 2.41 bits per heavy atom. The zero-order valence-corrected chi connectivity index (χ0v) is 13.4. The number of nitrogens with two attached hydrogens (primary N) is 1. The number of hydrogen-bond donors (Lipinski definition) is 2. The van der Waals surface area contributed by atoms with Gasteiger partial charge in [0.25, 0.3) is 10.0 Å². The van der Waals surface area contributed by atoms with Crippen molar-refractivity contribution in [3.8, 4) is 0 Å². The minimum absolute atomic E-state index is 0.112. The van der Waals surface area contributed by atoms with Crippen molar-refractivity contribution in [3.63, 3.8) is 0 Å². The van der Waals surface area contributed by atoms with Crippen LogP contribution in [0.2, 0.25) is 5.02 Å². The molecule has 0 atom stereocenters. The Hall–Kier alpha value is -2.05. The van der Waals surface area contributed by atoms with Gasteiger partial charge in [0, 0.05) is 10.7 Å². The maximum Gasteiger partial charge on any atom is 0.262 e. The number of carbonyl (C=O) groups is 1. The fourth-order valence-electron chi connectivity index (χ4n) is 1.98. The molecule has 0 spiro atoms. The van der Waals surface area contributed by atoms with E-state index >= 15 is 0 Å². The molecule has 2 rings (SSSR count). The maximum absolute atomic E-state index is 12.4. The summed E-state index contributed by atoms with van der Waals surface area (Å²) in [5.74, 6) is -0.442. The fourth-order valence-corrected chi connectivity index (χ4v) is 3.54. The molecule has 7 heteroatoms. The van der Waals surface area contributed by atoms with Crippen molar-refractivity contribution >= 4 is 33.2 Å². The van der Waals surface area contributed by atoms with Crippen LogP contribution in [0.1, 0.15) is 11.1 Å². The van der Waals surface area contributed by atoms with Gasteiger partial charge in [-0.1, -0.05) is 29.8 Å². The molecule has 0 saturated heterocycles. The molecular formula is C15H15ClN2O3S. The van der Waals surface area contributed by atoms with Gasteiger partial charge in [-0.25, -0.2) is 8.42 Å². The first-order valence-electron chi connectivity index (χ1n) is 6.45. The summed E-state index contributed by atoms with van der Waals surface area (Å²) >= 11 is 5.96. The van der Waals surface area contributed by atoms with Crippen LogP contribution in [-0.2, 0) is 21.2 Å². The van der Waals surface area contributed by atoms with Crippen LogP contribution < -0.4 is 10.5 Å². The monoisotopic (exact) mass is 338 g/mol. The molecule has 1 amide bonds. The van der Waals surface area contributed by atoms with Gasteiger partial charge < -0.3 is 5.73 Å². The molecule has 0 aromatic heterocycles. The predicted molar refractivity (Wildman–Crippen MR) is 86.3 cm³/mol. The van der Waals surface area contributed by atoms with Crippen LogP contribution in [0.5, 0.6) is 0 Å². The van der Waals surface area contributed by atoms with Gasteiger partial charge in [-0.15, -0.1) is 0 Å². The minimum Gasteiger partial charge on any atom is -0.369 e. The van der Waals surface area contributed by atoms with E-state index in [1.165, 1.54) is 6.07 Å². The van der Waals surface area contributed by atoms with Crippen LogP contribution in [0.3, 0.4) is 0 Å². The van der Waals surface area contributed by atoms with E-state index in [4.69, 9.17) is 17.3 Å². The van der Waals surface area contributed by atoms with E-state index in [1.807, 2.05) is 0 Å². The van der Waals surface area contributed by atoms with E-state index in [1.54, 1.807) is 43.3 Å². The molecule has 0 saturated carbocycles. The van der Waals surface area contributed by atoms with E-state index in [0.717, 1.165) is 5.56 Å². The van der Waals surface area contributed by atoms with Gasteiger partial charge in [0.2, 0.25) is 5.91 Å². The average Bonchev–Trinajstić information content (AvgIpc) is 2.43. The highest BCUT2D eigenvalue weighted by atomic mass is 35.5. The number of carbonyl (C=O) groups excluding carboxylic acids is 1. The third kappa shape index (κ3) is 3.78. The number of rotatable bonds is 5. The smallest absolute Gasteiger partial charge is 0.262 e. The normalized spacial score (nSPS) is 11.2. The second-order valence-electron chi connectivity index (χ2n) is 4.81. The lowest BCUT2D eigenvalue weighted by molar-refractivity contribution is -0.117. The largest absolute Gasteiger partial charge is 0.369 e. The van der Waals surface area contributed by atoms with Crippen molar-refractivity contribution in [3.05, 3.63) is 58.6 Å². The summed E-state index contributed by atoms with van der Waals surface area (Å²) in [7, 11) is -3.73. The highest BCUT2D eigenvalue weighted by molar-refractivity contribution is 7.92. The number of nitrogens with one attached hydrogen (secondary N) is 1. The minimum atomic E-state index is -3.73. The Labute approximate surface area is 134 Å². The van der Waals surface area contributed by atoms with Crippen molar-refractivity contribution in [1.82, 2.24) is 0 Å². The summed E-state index contributed by atoms with van der Waals surface area (Å²) in [6.07, 6.45) is 0.112. The summed E-state index contributed by atoms with van der Waals surface area (Å²) < 4.78 is 27.3. The molecule has 3 N–H and O–H groups in total. The molecule has 5 nitrogen and oxygen atoms in total. The number of sulfonamides is 1. The lowest BCUT2D eigenvalue weighted by atomic mass is 10.1. The lowest BCUT2D eigenvalue weighted by Crippen LogP contribution is -2.15. The second-order valence-corrected chi connectivity index (χ2v) is 6.87. The van der Waals surface area contributed by atoms with Gasteiger partial charge in [0.05, 0.1) is 11.3 Å². The summed E-state index contributed by atoms with van der Waals surface area (Å²) in [4.78, 5) is 11.0. The van der Waals surface area contributed by atoms with Crippen LogP contribution in [0, 0.1) is 6.92 Å². The SMILES string of the molecule is Cc1c(Cl)cccc1S(=O)(=O)Nc1ccc(CC(N)=O)cc1. The lowest BCUT2D eigenvalue weighted by Gasteiger charge is -2.11. The molecule has 0 heterocycles. The van der Waals surface area contributed by atoms with Crippen LogP contribution in [0.15, 0.2) is 47.4 Å². The summed E-state index contributed by atoms with van der Waals surface area (Å²) in [6.45, 7) is 1.65. The average molecular weight is 339 g/mol. The molecule has 0 aliphatic rings. The molecule has 22 heavy (non-hydrogen) atoms.